The first-order valence-corrected chi connectivity index (χ1v) is 9.79. The lowest BCUT2D eigenvalue weighted by Crippen LogP contribution is -2.41. The van der Waals surface area contributed by atoms with E-state index in [9.17, 15) is 9.90 Å². The number of carbonyl (C=O) groups excluding carboxylic acids is 1. The first-order valence-electron chi connectivity index (χ1n) is 9.79. The van der Waals surface area contributed by atoms with Gasteiger partial charge < -0.3 is 33.3 Å². The lowest BCUT2D eigenvalue weighted by molar-refractivity contribution is -0.897. The van der Waals surface area contributed by atoms with E-state index in [-0.39, 0.29) is 13.0 Å². The Bertz CT molecular complexity index is 321. The average molecular weight is 378 g/mol. The van der Waals surface area contributed by atoms with Gasteiger partial charge in [0.05, 0.1) is 72.9 Å². The maximum atomic E-state index is 10.0. The maximum absolute atomic E-state index is 10.0. The van der Waals surface area contributed by atoms with Crippen LogP contribution in [0.1, 0.15) is 39.0 Å². The van der Waals surface area contributed by atoms with Gasteiger partial charge in [-0.3, -0.25) is 0 Å². The van der Waals surface area contributed by atoms with Gasteiger partial charge in [0.1, 0.15) is 0 Å². The SMILES string of the molecule is CCCC[N+]1(C)CCCC1.COCCOCCOCCOCCC(=O)[O-]. The molecule has 1 aliphatic heterocycles. The van der Waals surface area contributed by atoms with Crippen molar-refractivity contribution in [2.45, 2.75) is 39.0 Å². The van der Waals surface area contributed by atoms with Crippen LogP contribution in [-0.4, -0.2) is 90.5 Å². The monoisotopic (exact) mass is 377 g/mol. The lowest BCUT2D eigenvalue weighted by Gasteiger charge is -2.28. The fourth-order valence-electron chi connectivity index (χ4n) is 2.70. The third kappa shape index (κ3) is 16.7. The summed E-state index contributed by atoms with van der Waals surface area (Å²) >= 11 is 0. The van der Waals surface area contributed by atoms with E-state index in [1.807, 2.05) is 0 Å². The second kappa shape index (κ2) is 17.7. The summed E-state index contributed by atoms with van der Waals surface area (Å²) in [6.07, 6.45) is 5.60. The molecule has 0 spiro atoms. The summed E-state index contributed by atoms with van der Waals surface area (Å²) in [6.45, 7) is 9.67. The number of aliphatic carboxylic acids is 1. The number of rotatable bonds is 15. The van der Waals surface area contributed by atoms with Gasteiger partial charge in [-0.05, 0) is 6.42 Å². The zero-order valence-corrected chi connectivity index (χ0v) is 17.0. The Labute approximate surface area is 159 Å². The molecule has 0 saturated carbocycles. The fraction of sp³-hybridized carbons (Fsp3) is 0.947. The van der Waals surface area contributed by atoms with E-state index in [0.29, 0.717) is 39.6 Å². The molecule has 7 nitrogen and oxygen atoms in total. The normalized spacial score (nSPS) is 15.5. The molecule has 0 radical (unpaired) electrons. The number of nitrogens with zero attached hydrogens (tertiary/aromatic N) is 1. The third-order valence-electron chi connectivity index (χ3n) is 4.32. The molecule has 1 heterocycles. The van der Waals surface area contributed by atoms with Crippen LogP contribution < -0.4 is 5.11 Å². The van der Waals surface area contributed by atoms with Crippen molar-refractivity contribution in [3.05, 3.63) is 0 Å². The zero-order chi connectivity index (χ0) is 19.5. The number of quaternary nitrogens is 1. The molecule has 1 rings (SSSR count). The van der Waals surface area contributed by atoms with Crippen LogP contribution in [0.5, 0.6) is 0 Å². The largest absolute Gasteiger partial charge is 0.550 e. The summed E-state index contributed by atoms with van der Waals surface area (Å²) < 4.78 is 21.5. The average Bonchev–Trinajstić information content (AvgIpc) is 3.05. The Balaban J connectivity index is 0.000000531. The molecule has 0 atom stereocenters. The molecule has 0 aliphatic carbocycles. The Morgan fingerprint density at radius 2 is 1.42 bits per heavy atom. The van der Waals surface area contributed by atoms with Crippen molar-refractivity contribution in [1.82, 2.24) is 0 Å². The smallest absolute Gasteiger partial charge is 0.0786 e. The molecule has 0 aromatic rings. The van der Waals surface area contributed by atoms with Crippen molar-refractivity contribution in [2.75, 3.05) is 80.0 Å². The molecule has 0 aromatic heterocycles. The van der Waals surface area contributed by atoms with E-state index in [4.69, 9.17) is 18.9 Å². The van der Waals surface area contributed by atoms with E-state index in [1.165, 1.54) is 49.8 Å². The minimum absolute atomic E-state index is 0.0832. The lowest BCUT2D eigenvalue weighted by atomic mass is 10.3. The number of carboxylic acids is 1. The predicted octanol–water partition coefficient (Wildman–Crippen LogP) is 0.850. The van der Waals surface area contributed by atoms with Crippen LogP contribution in [0.3, 0.4) is 0 Å². The summed E-state index contributed by atoms with van der Waals surface area (Å²) in [5, 5.41) is 10.0. The first kappa shape index (κ1) is 25.3. The number of unbranched alkanes of at least 4 members (excludes halogenated alkanes) is 1. The van der Waals surface area contributed by atoms with Crippen molar-refractivity contribution >= 4 is 5.97 Å². The van der Waals surface area contributed by atoms with E-state index in [2.05, 4.69) is 14.0 Å². The van der Waals surface area contributed by atoms with Crippen LogP contribution in [-0.2, 0) is 23.7 Å². The van der Waals surface area contributed by atoms with E-state index in [0.717, 1.165) is 0 Å². The summed E-state index contributed by atoms with van der Waals surface area (Å²) in [6, 6.07) is 0. The van der Waals surface area contributed by atoms with E-state index < -0.39 is 5.97 Å². The van der Waals surface area contributed by atoms with E-state index in [1.54, 1.807) is 7.11 Å². The Morgan fingerprint density at radius 3 is 1.88 bits per heavy atom. The van der Waals surface area contributed by atoms with Gasteiger partial charge in [0.2, 0.25) is 0 Å². The van der Waals surface area contributed by atoms with Gasteiger partial charge in [-0.15, -0.1) is 0 Å². The van der Waals surface area contributed by atoms with E-state index >= 15 is 0 Å². The van der Waals surface area contributed by atoms with Crippen LogP contribution in [0.25, 0.3) is 0 Å². The highest BCUT2D eigenvalue weighted by molar-refractivity contribution is 5.64. The van der Waals surface area contributed by atoms with Crippen molar-refractivity contribution in [2.24, 2.45) is 0 Å². The van der Waals surface area contributed by atoms with Crippen molar-refractivity contribution in [3.63, 3.8) is 0 Å². The van der Waals surface area contributed by atoms with Crippen LogP contribution in [0.2, 0.25) is 0 Å². The van der Waals surface area contributed by atoms with Crippen molar-refractivity contribution < 1.29 is 33.3 Å². The second-order valence-electron chi connectivity index (χ2n) is 6.80. The molecule has 7 heteroatoms. The highest BCUT2D eigenvalue weighted by Crippen LogP contribution is 2.16. The third-order valence-corrected chi connectivity index (χ3v) is 4.32. The number of carboxylic acid groups (broad SMARTS) is 1. The molecule has 0 aromatic carbocycles. The fourth-order valence-corrected chi connectivity index (χ4v) is 2.70. The van der Waals surface area contributed by atoms with Crippen LogP contribution in [0, 0.1) is 0 Å². The number of hydrogen-bond donors (Lipinski definition) is 0. The summed E-state index contributed by atoms with van der Waals surface area (Å²) in [4.78, 5) is 10.0. The summed E-state index contributed by atoms with van der Waals surface area (Å²) in [5.74, 6) is -1.10. The molecule has 0 bridgehead atoms. The number of likely N-dealkylation sites (tertiary alicyclic amines) is 1. The Morgan fingerprint density at radius 1 is 0.923 bits per heavy atom. The molecule has 0 amide bonds. The van der Waals surface area contributed by atoms with Gasteiger partial charge in [-0.25, -0.2) is 0 Å². The molecule has 1 saturated heterocycles. The summed E-state index contributed by atoms with van der Waals surface area (Å²) in [5.41, 5.74) is 0. The number of ether oxygens (including phenoxy) is 4. The quantitative estimate of drug-likeness (QED) is 0.311. The molecule has 26 heavy (non-hydrogen) atoms. The van der Waals surface area contributed by atoms with Gasteiger partial charge in [0.15, 0.2) is 0 Å². The van der Waals surface area contributed by atoms with Crippen LogP contribution >= 0.6 is 0 Å². The van der Waals surface area contributed by atoms with Crippen LogP contribution in [0.4, 0.5) is 0 Å². The molecule has 0 N–H and O–H groups in total. The highest BCUT2D eigenvalue weighted by Gasteiger charge is 2.25. The van der Waals surface area contributed by atoms with Crippen molar-refractivity contribution in [3.8, 4) is 0 Å². The molecule has 1 aliphatic rings. The molecular weight excluding hydrogens is 338 g/mol. The molecular formula is C19H39NO6. The topological polar surface area (TPSA) is 77.0 Å². The molecule has 1 fully saturated rings. The molecule has 156 valence electrons. The first-order chi connectivity index (χ1) is 12.5. The standard InChI is InChI=1S/C10H20O6.C9H20N/c1-13-4-5-15-8-9-16-7-6-14-3-2-10(11)12;1-3-4-7-10(2)8-5-6-9-10/h2-9H2,1H3,(H,11,12);3-9H2,1-2H3/q;+1/p-1. The zero-order valence-electron chi connectivity index (χ0n) is 17.0. The van der Waals surface area contributed by atoms with Gasteiger partial charge in [-0.2, -0.15) is 0 Å². The summed E-state index contributed by atoms with van der Waals surface area (Å²) in [7, 11) is 4.02. The van der Waals surface area contributed by atoms with Gasteiger partial charge in [0, 0.05) is 32.3 Å². The maximum Gasteiger partial charge on any atom is 0.0786 e. The molecule has 0 unspecified atom stereocenters. The minimum Gasteiger partial charge on any atom is -0.550 e. The number of methoxy groups -OCH3 is 1. The second-order valence-corrected chi connectivity index (χ2v) is 6.80. The number of carbonyl (C=O) groups is 1. The van der Waals surface area contributed by atoms with Crippen molar-refractivity contribution in [1.29, 1.82) is 0 Å². The Hall–Kier alpha value is -0.730. The minimum atomic E-state index is -1.10. The van der Waals surface area contributed by atoms with Gasteiger partial charge in [0.25, 0.3) is 0 Å². The van der Waals surface area contributed by atoms with Crippen LogP contribution in [0.15, 0.2) is 0 Å². The number of hydrogen-bond acceptors (Lipinski definition) is 6. The van der Waals surface area contributed by atoms with Gasteiger partial charge >= 0.3 is 0 Å². The Kier molecular flexibility index (Phi) is 17.2. The highest BCUT2D eigenvalue weighted by atomic mass is 16.6. The predicted molar refractivity (Wildman–Crippen MR) is 98.9 cm³/mol. The van der Waals surface area contributed by atoms with Gasteiger partial charge in [-0.1, -0.05) is 13.3 Å².